The van der Waals surface area contributed by atoms with Crippen LogP contribution >= 0.6 is 24.8 Å². The molecule has 2 aromatic heterocycles. The molecule has 7 heteroatoms. The molecule has 4 nitrogen and oxygen atoms in total. The monoisotopic (exact) mass is 368 g/mol. The molecule has 0 saturated carbocycles. The number of hydrogen-bond acceptors (Lipinski definition) is 3. The van der Waals surface area contributed by atoms with Gasteiger partial charge in [0.2, 0.25) is 0 Å². The van der Waals surface area contributed by atoms with Gasteiger partial charge >= 0.3 is 0 Å². The Morgan fingerprint density at radius 1 is 1.21 bits per heavy atom. The average Bonchev–Trinajstić information content (AvgIpc) is 2.90. The highest BCUT2D eigenvalue weighted by atomic mass is 35.5. The third-order valence-corrected chi connectivity index (χ3v) is 4.19. The molecule has 1 aromatic carbocycles. The number of pyridine rings is 1. The number of fused-ring (bicyclic) bond motifs is 3. The molecule has 0 atom stereocenters. The minimum Gasteiger partial charge on any atom is -0.355 e. The molecule has 128 valence electrons. The molecular formula is C17H19Cl2FN4. The summed E-state index contributed by atoms with van der Waals surface area (Å²) in [6.45, 7) is 3.57. The van der Waals surface area contributed by atoms with E-state index in [1.807, 2.05) is 12.1 Å². The van der Waals surface area contributed by atoms with Crippen molar-refractivity contribution >= 4 is 47.2 Å². The first-order valence-corrected chi connectivity index (χ1v) is 7.45. The first kappa shape index (κ1) is 18.5. The topological polar surface area (TPSA) is 52.7 Å². The van der Waals surface area contributed by atoms with E-state index in [1.54, 1.807) is 19.2 Å². The number of H-pyrrole nitrogens is 1. The van der Waals surface area contributed by atoms with Gasteiger partial charge in [0.1, 0.15) is 11.5 Å². The summed E-state index contributed by atoms with van der Waals surface area (Å²) in [4.78, 5) is 7.82. The molecule has 0 spiro atoms. The van der Waals surface area contributed by atoms with Gasteiger partial charge in [-0.3, -0.25) is 0 Å². The second kappa shape index (κ2) is 7.38. The van der Waals surface area contributed by atoms with Gasteiger partial charge in [-0.1, -0.05) is 6.07 Å². The molecule has 1 aliphatic rings. The van der Waals surface area contributed by atoms with Crippen LogP contribution in [0.15, 0.2) is 30.5 Å². The fourth-order valence-electron chi connectivity index (χ4n) is 3.00. The summed E-state index contributed by atoms with van der Waals surface area (Å²) in [7, 11) is 0. The highest BCUT2D eigenvalue weighted by Crippen LogP contribution is 2.32. The van der Waals surface area contributed by atoms with Crippen LogP contribution in [-0.4, -0.2) is 16.5 Å². The molecule has 0 bridgehead atoms. The maximum atomic E-state index is 13.7. The number of anilines is 2. The molecule has 3 heterocycles. The second-order valence-corrected chi connectivity index (χ2v) is 5.68. The molecule has 3 N–H and O–H groups in total. The van der Waals surface area contributed by atoms with Crippen molar-refractivity contribution in [2.45, 2.75) is 19.9 Å². The van der Waals surface area contributed by atoms with Crippen LogP contribution in [0, 0.1) is 12.7 Å². The number of nitrogens with zero attached hydrogens (tertiary/aromatic N) is 1. The Labute approximate surface area is 152 Å². The molecule has 0 saturated heterocycles. The van der Waals surface area contributed by atoms with E-state index < -0.39 is 0 Å². The number of aromatic nitrogens is 2. The van der Waals surface area contributed by atoms with Gasteiger partial charge in [0.05, 0.1) is 5.69 Å². The maximum absolute atomic E-state index is 13.7. The zero-order valence-corrected chi connectivity index (χ0v) is 14.8. The number of halogens is 3. The summed E-state index contributed by atoms with van der Waals surface area (Å²) < 4.78 is 13.7. The van der Waals surface area contributed by atoms with E-state index in [9.17, 15) is 4.39 Å². The van der Waals surface area contributed by atoms with E-state index in [0.29, 0.717) is 5.56 Å². The predicted octanol–water partition coefficient (Wildman–Crippen LogP) is 4.24. The van der Waals surface area contributed by atoms with Crippen molar-refractivity contribution in [2.75, 3.05) is 11.9 Å². The van der Waals surface area contributed by atoms with E-state index in [4.69, 9.17) is 0 Å². The molecule has 0 unspecified atom stereocenters. The molecule has 3 aromatic rings. The van der Waals surface area contributed by atoms with Crippen LogP contribution in [0.1, 0.15) is 16.8 Å². The molecule has 0 fully saturated rings. The summed E-state index contributed by atoms with van der Waals surface area (Å²) in [6, 6.07) is 7.13. The second-order valence-electron chi connectivity index (χ2n) is 5.68. The normalized spacial score (nSPS) is 12.9. The van der Waals surface area contributed by atoms with Crippen molar-refractivity contribution in [1.82, 2.24) is 15.3 Å². The van der Waals surface area contributed by atoms with E-state index >= 15 is 0 Å². The molecule has 0 aliphatic carbocycles. The summed E-state index contributed by atoms with van der Waals surface area (Å²) in [6.07, 6.45) is 2.74. The van der Waals surface area contributed by atoms with Crippen LogP contribution in [0.4, 0.5) is 15.8 Å². The van der Waals surface area contributed by atoms with E-state index in [-0.39, 0.29) is 30.6 Å². The minimum absolute atomic E-state index is 0. The summed E-state index contributed by atoms with van der Waals surface area (Å²) in [5.74, 6) is -0.201. The largest absolute Gasteiger partial charge is 0.355 e. The average molecular weight is 369 g/mol. The van der Waals surface area contributed by atoms with Crippen LogP contribution in [0.2, 0.25) is 0 Å². The lowest BCUT2D eigenvalue weighted by molar-refractivity contribution is 0.619. The number of rotatable bonds is 2. The van der Waals surface area contributed by atoms with Crippen LogP contribution in [0.25, 0.3) is 11.0 Å². The highest BCUT2D eigenvalue weighted by molar-refractivity contribution is 5.95. The Kier molecular flexibility index (Phi) is 5.70. The lowest BCUT2D eigenvalue weighted by atomic mass is 10.1. The maximum Gasteiger partial charge on any atom is 0.139 e. The number of nitrogens with one attached hydrogen (secondary N) is 3. The Hall–Kier alpha value is -1.82. The lowest BCUT2D eigenvalue weighted by Gasteiger charge is -2.14. The van der Waals surface area contributed by atoms with E-state index in [1.165, 1.54) is 17.3 Å². The summed E-state index contributed by atoms with van der Waals surface area (Å²) in [5.41, 5.74) is 5.72. The SMILES string of the molecule is Cc1ccc(Nc2ccnc3[nH]c4c(c23)CNCC4)cc1F.Cl.Cl. The Balaban J connectivity index is 0.00000104. The van der Waals surface area contributed by atoms with Crippen molar-refractivity contribution in [3.8, 4) is 0 Å². The van der Waals surface area contributed by atoms with Crippen LogP contribution in [-0.2, 0) is 13.0 Å². The molecule has 24 heavy (non-hydrogen) atoms. The Morgan fingerprint density at radius 3 is 2.83 bits per heavy atom. The third-order valence-electron chi connectivity index (χ3n) is 4.19. The predicted molar refractivity (Wildman–Crippen MR) is 100 cm³/mol. The quantitative estimate of drug-likeness (QED) is 0.633. The van der Waals surface area contributed by atoms with Gasteiger partial charge in [-0.2, -0.15) is 0 Å². The van der Waals surface area contributed by atoms with Crippen molar-refractivity contribution in [3.63, 3.8) is 0 Å². The standard InChI is InChI=1S/C17H17FN4.2ClH/c1-10-2-3-11(8-13(10)18)21-15-5-7-20-17-16(15)12-9-19-6-4-14(12)22-17;;/h2-3,5,7-8,19H,4,6,9H2,1H3,(H2,20,21,22);2*1H. The van der Waals surface area contributed by atoms with E-state index in [0.717, 1.165) is 41.9 Å². The van der Waals surface area contributed by atoms with Crippen molar-refractivity contribution in [2.24, 2.45) is 0 Å². The summed E-state index contributed by atoms with van der Waals surface area (Å²) >= 11 is 0. The van der Waals surface area contributed by atoms with Crippen LogP contribution in [0.5, 0.6) is 0 Å². The number of hydrogen-bond donors (Lipinski definition) is 3. The van der Waals surface area contributed by atoms with Gasteiger partial charge in [0, 0.05) is 42.5 Å². The fourth-order valence-corrected chi connectivity index (χ4v) is 3.00. The number of benzene rings is 1. The Morgan fingerprint density at radius 2 is 2.04 bits per heavy atom. The molecule has 4 rings (SSSR count). The third kappa shape index (κ3) is 3.20. The van der Waals surface area contributed by atoms with Crippen molar-refractivity contribution in [3.05, 3.63) is 53.1 Å². The highest BCUT2D eigenvalue weighted by Gasteiger charge is 2.18. The molecule has 0 amide bonds. The molecular weight excluding hydrogens is 350 g/mol. The van der Waals surface area contributed by atoms with E-state index in [2.05, 4.69) is 20.6 Å². The van der Waals surface area contributed by atoms with Gasteiger partial charge in [0.25, 0.3) is 0 Å². The zero-order chi connectivity index (χ0) is 15.1. The van der Waals surface area contributed by atoms with Crippen LogP contribution < -0.4 is 10.6 Å². The number of aryl methyl sites for hydroxylation is 1. The van der Waals surface area contributed by atoms with Crippen LogP contribution in [0.3, 0.4) is 0 Å². The Bertz CT molecular complexity index is 863. The smallest absolute Gasteiger partial charge is 0.139 e. The van der Waals surface area contributed by atoms with Gasteiger partial charge in [-0.15, -0.1) is 24.8 Å². The lowest BCUT2D eigenvalue weighted by Crippen LogP contribution is -2.23. The first-order chi connectivity index (χ1) is 10.7. The fraction of sp³-hybridized carbons (Fsp3) is 0.235. The van der Waals surface area contributed by atoms with Gasteiger partial charge in [0.15, 0.2) is 0 Å². The van der Waals surface area contributed by atoms with Gasteiger partial charge in [-0.05, 0) is 36.2 Å². The zero-order valence-electron chi connectivity index (χ0n) is 13.1. The van der Waals surface area contributed by atoms with Gasteiger partial charge < -0.3 is 15.6 Å². The first-order valence-electron chi connectivity index (χ1n) is 7.45. The summed E-state index contributed by atoms with van der Waals surface area (Å²) in [5, 5.41) is 7.80. The molecule has 0 radical (unpaired) electrons. The van der Waals surface area contributed by atoms with Crippen molar-refractivity contribution < 1.29 is 4.39 Å². The number of aromatic amines is 1. The van der Waals surface area contributed by atoms with Gasteiger partial charge in [-0.25, -0.2) is 9.37 Å². The molecule has 1 aliphatic heterocycles. The minimum atomic E-state index is -0.201. The van der Waals surface area contributed by atoms with Crippen molar-refractivity contribution in [1.29, 1.82) is 0 Å².